The minimum atomic E-state index is -0.473. The molecule has 3 heterocycles. The average Bonchev–Trinajstić information content (AvgIpc) is 3.49. The van der Waals surface area contributed by atoms with E-state index < -0.39 is 6.04 Å². The maximum atomic E-state index is 14.1. The summed E-state index contributed by atoms with van der Waals surface area (Å²) in [4.78, 5) is 6.53. The van der Waals surface area contributed by atoms with Gasteiger partial charge in [0.15, 0.2) is 5.11 Å². The fourth-order valence-electron chi connectivity index (χ4n) is 3.79. The summed E-state index contributed by atoms with van der Waals surface area (Å²) >= 11 is 11.6. The highest BCUT2D eigenvalue weighted by molar-refractivity contribution is 7.80. The van der Waals surface area contributed by atoms with Crippen LogP contribution in [-0.2, 0) is 6.54 Å². The molecule has 0 saturated carbocycles. The van der Waals surface area contributed by atoms with Gasteiger partial charge in [0.25, 0.3) is 5.89 Å². The van der Waals surface area contributed by atoms with Gasteiger partial charge in [-0.3, -0.25) is 0 Å². The number of hydrogen-bond acceptors (Lipinski definition) is 5. The van der Waals surface area contributed by atoms with E-state index in [9.17, 15) is 4.39 Å². The van der Waals surface area contributed by atoms with Crippen LogP contribution in [-0.4, -0.2) is 20.2 Å². The molecule has 1 N–H and O–H groups in total. The number of benzene rings is 2. The molecule has 2 aromatic heterocycles. The normalized spacial score (nSPS) is 16.3. The lowest BCUT2D eigenvalue weighted by molar-refractivity contribution is 0.382. The van der Waals surface area contributed by atoms with Crippen molar-refractivity contribution in [3.8, 4) is 11.4 Å². The van der Waals surface area contributed by atoms with Crippen molar-refractivity contribution >= 4 is 34.5 Å². The molecule has 0 aliphatic carbocycles. The zero-order chi connectivity index (χ0) is 22.9. The summed E-state index contributed by atoms with van der Waals surface area (Å²) in [5, 5.41) is 8.56. The number of aromatic nitrogens is 2. The molecule has 4 aromatic rings. The molecule has 1 aliphatic rings. The Labute approximate surface area is 199 Å². The minimum Gasteiger partial charge on any atom is -0.467 e. The first-order chi connectivity index (χ1) is 16.0. The minimum absolute atomic E-state index is 0.311. The van der Waals surface area contributed by atoms with Crippen molar-refractivity contribution in [2.75, 3.05) is 0 Å². The van der Waals surface area contributed by atoms with E-state index in [2.05, 4.69) is 15.5 Å². The van der Waals surface area contributed by atoms with Crippen LogP contribution in [0.15, 0.2) is 81.6 Å². The number of nitrogens with one attached hydrogen (secondary N) is 1. The lowest BCUT2D eigenvalue weighted by Gasteiger charge is -2.37. The topological polar surface area (TPSA) is 67.3 Å². The van der Waals surface area contributed by atoms with E-state index >= 15 is 0 Å². The molecule has 33 heavy (non-hydrogen) atoms. The molecule has 6 nitrogen and oxygen atoms in total. The zero-order valence-corrected chi connectivity index (χ0v) is 19.0. The van der Waals surface area contributed by atoms with E-state index in [0.717, 1.165) is 17.0 Å². The second-order valence-electron chi connectivity index (χ2n) is 7.53. The third-order valence-electron chi connectivity index (χ3n) is 5.43. The van der Waals surface area contributed by atoms with Crippen molar-refractivity contribution in [3.05, 3.63) is 101 Å². The van der Waals surface area contributed by atoms with Crippen LogP contribution in [0.25, 0.3) is 17.0 Å². The van der Waals surface area contributed by atoms with Crippen LogP contribution in [0.1, 0.15) is 30.2 Å². The first kappa shape index (κ1) is 21.4. The van der Waals surface area contributed by atoms with Gasteiger partial charge in [-0.1, -0.05) is 28.9 Å². The van der Waals surface area contributed by atoms with Crippen molar-refractivity contribution in [2.45, 2.75) is 19.5 Å². The summed E-state index contributed by atoms with van der Waals surface area (Å²) in [6, 6.07) is 16.7. The molecular weight excluding hydrogens is 463 g/mol. The third-order valence-corrected chi connectivity index (χ3v) is 6.02. The monoisotopic (exact) mass is 480 g/mol. The van der Waals surface area contributed by atoms with Crippen molar-refractivity contribution in [1.29, 1.82) is 0 Å². The predicted molar refractivity (Wildman–Crippen MR) is 126 cm³/mol. The Morgan fingerprint density at radius 3 is 2.70 bits per heavy atom. The molecule has 0 spiro atoms. The van der Waals surface area contributed by atoms with E-state index in [4.69, 9.17) is 32.8 Å². The quantitative estimate of drug-likeness (QED) is 0.352. The standard InChI is InChI=1S/C24H18ClFN4O2S/c1-14-20(23-28-22(29-32-23)15-7-9-17(25)10-8-15)21(16-4-2-5-18(26)12-16)27-24(33)30(14)13-19-6-3-11-31-19/h2-12,21H,13H2,1H3,(H,27,33). The second-order valence-corrected chi connectivity index (χ2v) is 8.36. The molecule has 0 radical (unpaired) electrons. The fraction of sp³-hybridized carbons (Fsp3) is 0.125. The first-order valence-corrected chi connectivity index (χ1v) is 10.9. The van der Waals surface area contributed by atoms with E-state index in [0.29, 0.717) is 39.5 Å². The number of hydrogen-bond donors (Lipinski definition) is 1. The lowest BCUT2D eigenvalue weighted by atomic mass is 9.94. The van der Waals surface area contributed by atoms with Crippen molar-refractivity contribution in [3.63, 3.8) is 0 Å². The van der Waals surface area contributed by atoms with Crippen LogP contribution < -0.4 is 5.32 Å². The van der Waals surface area contributed by atoms with Crippen molar-refractivity contribution in [2.24, 2.45) is 0 Å². The molecule has 0 bridgehead atoms. The highest BCUT2D eigenvalue weighted by atomic mass is 35.5. The van der Waals surface area contributed by atoms with Gasteiger partial charge in [-0.2, -0.15) is 4.98 Å². The van der Waals surface area contributed by atoms with Crippen molar-refractivity contribution in [1.82, 2.24) is 20.4 Å². The van der Waals surface area contributed by atoms with Crippen LogP contribution in [0.4, 0.5) is 4.39 Å². The fourth-order valence-corrected chi connectivity index (χ4v) is 4.24. The molecule has 0 fully saturated rings. The summed E-state index contributed by atoms with van der Waals surface area (Å²) in [5.74, 6) is 1.13. The van der Waals surface area contributed by atoms with Gasteiger partial charge in [0.05, 0.1) is 24.4 Å². The van der Waals surface area contributed by atoms with Crippen molar-refractivity contribution < 1.29 is 13.3 Å². The molecule has 0 amide bonds. The Morgan fingerprint density at radius 2 is 1.97 bits per heavy atom. The van der Waals surface area contributed by atoms with Crippen LogP contribution >= 0.6 is 23.8 Å². The molecule has 2 aromatic carbocycles. The summed E-state index contributed by atoms with van der Waals surface area (Å²) in [6.45, 7) is 2.34. The van der Waals surface area contributed by atoms with Crippen LogP contribution in [0.2, 0.25) is 5.02 Å². The van der Waals surface area contributed by atoms with Gasteiger partial charge < -0.3 is 19.2 Å². The molecule has 1 aliphatic heterocycles. The number of allylic oxidation sites excluding steroid dienone is 1. The first-order valence-electron chi connectivity index (χ1n) is 10.2. The molecule has 0 saturated heterocycles. The van der Waals surface area contributed by atoms with E-state index in [1.807, 2.05) is 42.2 Å². The molecule has 1 atom stereocenters. The molecule has 1 unspecified atom stereocenters. The highest BCUT2D eigenvalue weighted by Crippen LogP contribution is 2.38. The predicted octanol–water partition coefficient (Wildman–Crippen LogP) is 5.98. The van der Waals surface area contributed by atoms with Gasteiger partial charge in [0, 0.05) is 16.3 Å². The smallest absolute Gasteiger partial charge is 0.258 e. The number of halogens is 2. The molecule has 9 heteroatoms. The largest absolute Gasteiger partial charge is 0.467 e. The molecule has 166 valence electrons. The summed E-state index contributed by atoms with van der Waals surface area (Å²) in [5.41, 5.74) is 2.96. The SMILES string of the molecule is CC1=C(c2nc(-c3ccc(Cl)cc3)no2)C(c2cccc(F)c2)NC(=S)N1Cc1ccco1. The van der Waals surface area contributed by atoms with E-state index in [1.54, 1.807) is 24.5 Å². The molecular formula is C24H18ClFN4O2S. The second kappa shape index (κ2) is 8.80. The van der Waals surface area contributed by atoms with Gasteiger partial charge in [0.1, 0.15) is 11.6 Å². The third kappa shape index (κ3) is 4.27. The van der Waals surface area contributed by atoms with Crippen LogP contribution in [0, 0.1) is 5.82 Å². The Morgan fingerprint density at radius 1 is 1.15 bits per heavy atom. The summed E-state index contributed by atoms with van der Waals surface area (Å²) in [6.07, 6.45) is 1.61. The van der Waals surface area contributed by atoms with Gasteiger partial charge >= 0.3 is 0 Å². The average molecular weight is 481 g/mol. The summed E-state index contributed by atoms with van der Waals surface area (Å²) in [7, 11) is 0. The lowest BCUT2D eigenvalue weighted by Crippen LogP contribution is -2.45. The van der Waals surface area contributed by atoms with Gasteiger partial charge in [0.2, 0.25) is 5.82 Å². The highest BCUT2D eigenvalue weighted by Gasteiger charge is 2.34. The van der Waals surface area contributed by atoms with Gasteiger partial charge in [-0.15, -0.1) is 0 Å². The molecule has 5 rings (SSSR count). The van der Waals surface area contributed by atoms with Gasteiger partial charge in [-0.05, 0) is 73.2 Å². The Bertz CT molecular complexity index is 1330. The van der Waals surface area contributed by atoms with Gasteiger partial charge in [-0.25, -0.2) is 4.39 Å². The van der Waals surface area contributed by atoms with Crippen LogP contribution in [0.5, 0.6) is 0 Å². The number of rotatable bonds is 5. The van der Waals surface area contributed by atoms with E-state index in [1.165, 1.54) is 12.1 Å². The Kier molecular flexibility index (Phi) is 5.70. The zero-order valence-electron chi connectivity index (χ0n) is 17.5. The van der Waals surface area contributed by atoms with Crippen LogP contribution in [0.3, 0.4) is 0 Å². The van der Waals surface area contributed by atoms with E-state index in [-0.39, 0.29) is 5.82 Å². The number of nitrogens with zero attached hydrogens (tertiary/aromatic N) is 3. The Balaban J connectivity index is 1.60. The number of thiocarbonyl (C=S) groups is 1. The number of furan rings is 1. The maximum Gasteiger partial charge on any atom is 0.258 e. The maximum absolute atomic E-state index is 14.1. The Hall–Kier alpha value is -3.49. The summed E-state index contributed by atoms with van der Waals surface area (Å²) < 4.78 is 25.3.